The maximum absolute atomic E-state index is 13.4. The van der Waals surface area contributed by atoms with Gasteiger partial charge in [-0.15, -0.1) is 0 Å². The van der Waals surface area contributed by atoms with E-state index in [0.29, 0.717) is 11.8 Å². The average molecular weight is 381 g/mol. The molecule has 0 radical (unpaired) electrons. The van der Waals surface area contributed by atoms with Crippen LogP contribution in [-0.4, -0.2) is 11.6 Å². The molecule has 7 saturated carbocycles. The highest BCUT2D eigenvalue weighted by atomic mass is 16.6. The van der Waals surface area contributed by atoms with Gasteiger partial charge in [-0.25, -0.2) is 4.79 Å². The zero-order valence-corrected chi connectivity index (χ0v) is 17.7. The van der Waals surface area contributed by atoms with Gasteiger partial charge in [-0.3, -0.25) is 0 Å². The van der Waals surface area contributed by atoms with E-state index in [1.165, 1.54) is 64.2 Å². The van der Waals surface area contributed by atoms with Crippen molar-refractivity contribution in [3.05, 3.63) is 11.6 Å². The Morgan fingerprint density at radius 3 is 2.18 bits per heavy atom. The lowest BCUT2D eigenvalue weighted by Crippen LogP contribution is -2.57. The van der Waals surface area contributed by atoms with Crippen molar-refractivity contribution in [3.63, 3.8) is 0 Å². The first-order valence-corrected chi connectivity index (χ1v) is 12.4. The number of carbonyl (C=O) groups excluding carboxylic acids is 1. The number of hydrogen-bond donors (Lipinski definition) is 0. The third-order valence-electron chi connectivity index (χ3n) is 11.2. The SMILES string of the molecule is CC(C)(OC(=O)C1=CC2CC1C1C3CCC(C3)C21)C12CC3CC(CC(C3)C1)C2. The number of esters is 1. The van der Waals surface area contributed by atoms with Crippen molar-refractivity contribution in [3.8, 4) is 0 Å². The largest absolute Gasteiger partial charge is 0.456 e. The van der Waals surface area contributed by atoms with Gasteiger partial charge in [0.1, 0.15) is 5.60 Å². The van der Waals surface area contributed by atoms with E-state index in [2.05, 4.69) is 19.9 Å². The Bertz CT molecular complexity index is 725. The van der Waals surface area contributed by atoms with Crippen molar-refractivity contribution >= 4 is 5.97 Å². The number of fused-ring (bicyclic) bond motifs is 9. The molecule has 8 aliphatic carbocycles. The first-order valence-electron chi connectivity index (χ1n) is 12.4. The molecule has 6 unspecified atom stereocenters. The summed E-state index contributed by atoms with van der Waals surface area (Å²) >= 11 is 0. The summed E-state index contributed by atoms with van der Waals surface area (Å²) in [4.78, 5) is 13.4. The Morgan fingerprint density at radius 1 is 0.929 bits per heavy atom. The van der Waals surface area contributed by atoms with Gasteiger partial charge in [0, 0.05) is 11.0 Å². The summed E-state index contributed by atoms with van der Waals surface area (Å²) in [7, 11) is 0. The number of carbonyl (C=O) groups is 1. The van der Waals surface area contributed by atoms with Crippen LogP contribution in [0.5, 0.6) is 0 Å². The van der Waals surface area contributed by atoms with Gasteiger partial charge in [0.05, 0.1) is 0 Å². The van der Waals surface area contributed by atoms with Crippen LogP contribution in [0.4, 0.5) is 0 Å². The van der Waals surface area contributed by atoms with Crippen LogP contribution in [-0.2, 0) is 9.53 Å². The molecule has 2 heteroatoms. The average Bonchev–Trinajstić information content (AvgIpc) is 3.39. The van der Waals surface area contributed by atoms with E-state index in [4.69, 9.17) is 4.74 Å². The molecule has 0 spiro atoms. The molecule has 0 heterocycles. The molecule has 0 amide bonds. The van der Waals surface area contributed by atoms with E-state index in [1.807, 2.05) is 0 Å². The lowest BCUT2D eigenvalue weighted by Gasteiger charge is -2.61. The molecular formula is C26H36O2. The smallest absolute Gasteiger partial charge is 0.334 e. The van der Waals surface area contributed by atoms with Crippen LogP contribution < -0.4 is 0 Å². The molecule has 8 aliphatic rings. The lowest BCUT2D eigenvalue weighted by molar-refractivity contribution is -0.195. The number of allylic oxidation sites excluding steroid dienone is 1. The second kappa shape index (κ2) is 5.27. The van der Waals surface area contributed by atoms with Crippen LogP contribution in [0.25, 0.3) is 0 Å². The molecule has 28 heavy (non-hydrogen) atoms. The number of hydrogen-bond acceptors (Lipinski definition) is 2. The van der Waals surface area contributed by atoms with Gasteiger partial charge >= 0.3 is 5.97 Å². The van der Waals surface area contributed by atoms with Crippen LogP contribution >= 0.6 is 0 Å². The minimum Gasteiger partial charge on any atom is -0.456 e. The topological polar surface area (TPSA) is 26.3 Å². The van der Waals surface area contributed by atoms with E-state index in [1.54, 1.807) is 0 Å². The highest BCUT2D eigenvalue weighted by molar-refractivity contribution is 5.90. The van der Waals surface area contributed by atoms with Gasteiger partial charge in [-0.2, -0.15) is 0 Å². The quantitative estimate of drug-likeness (QED) is 0.459. The number of ether oxygens (including phenoxy) is 1. The molecule has 2 nitrogen and oxygen atoms in total. The van der Waals surface area contributed by atoms with Crippen molar-refractivity contribution in [2.75, 3.05) is 0 Å². The molecular weight excluding hydrogens is 344 g/mol. The maximum Gasteiger partial charge on any atom is 0.334 e. The minimum atomic E-state index is -0.309. The third-order valence-corrected chi connectivity index (χ3v) is 11.2. The fourth-order valence-electron chi connectivity index (χ4n) is 10.6. The van der Waals surface area contributed by atoms with Crippen molar-refractivity contribution in [1.82, 2.24) is 0 Å². The Labute approximate surface area is 169 Å². The molecule has 0 N–H and O–H groups in total. The van der Waals surface area contributed by atoms with Gasteiger partial charge in [0.2, 0.25) is 0 Å². The summed E-state index contributed by atoms with van der Waals surface area (Å²) in [6, 6.07) is 0. The summed E-state index contributed by atoms with van der Waals surface area (Å²) in [6.45, 7) is 4.51. The van der Waals surface area contributed by atoms with Gasteiger partial charge in [-0.1, -0.05) is 6.08 Å². The first-order chi connectivity index (χ1) is 13.4. The molecule has 7 fully saturated rings. The summed E-state index contributed by atoms with van der Waals surface area (Å²) in [5, 5.41) is 0. The van der Waals surface area contributed by atoms with Crippen LogP contribution in [0.3, 0.4) is 0 Å². The van der Waals surface area contributed by atoms with Crippen molar-refractivity contribution in [1.29, 1.82) is 0 Å². The van der Waals surface area contributed by atoms with E-state index < -0.39 is 0 Å². The summed E-state index contributed by atoms with van der Waals surface area (Å²) < 4.78 is 6.48. The summed E-state index contributed by atoms with van der Waals surface area (Å²) in [6.07, 6.45) is 16.2. The molecule has 0 aromatic heterocycles. The predicted octanol–water partition coefficient (Wildman–Crippen LogP) is 5.76. The summed E-state index contributed by atoms with van der Waals surface area (Å²) in [5.41, 5.74) is 1.04. The molecule has 0 aromatic carbocycles. The molecule has 8 rings (SSSR count). The molecule has 152 valence electrons. The van der Waals surface area contributed by atoms with Crippen molar-refractivity contribution in [2.24, 2.45) is 58.7 Å². The van der Waals surface area contributed by atoms with Crippen LogP contribution in [0, 0.1) is 58.7 Å². The highest BCUT2D eigenvalue weighted by Crippen LogP contribution is 2.68. The van der Waals surface area contributed by atoms with E-state index in [9.17, 15) is 4.79 Å². The Morgan fingerprint density at radius 2 is 1.54 bits per heavy atom. The number of rotatable bonds is 3. The van der Waals surface area contributed by atoms with E-state index >= 15 is 0 Å². The predicted molar refractivity (Wildman–Crippen MR) is 108 cm³/mol. The highest BCUT2D eigenvalue weighted by Gasteiger charge is 2.62. The van der Waals surface area contributed by atoms with Gasteiger partial charge in [-0.05, 0) is 131 Å². The normalized spacial score (nSPS) is 54.9. The molecule has 8 bridgehead atoms. The standard InChI is InChI=1S/C26H36O2/c1-25(2,26-11-14-5-15(12-26)7-16(6-14)13-26)28-24(27)21-10-19-9-20(21)23-18-4-3-17(8-18)22(19)23/h10,14-20,22-23H,3-9,11-13H2,1-2H3. The van der Waals surface area contributed by atoms with E-state index in [-0.39, 0.29) is 17.0 Å². The van der Waals surface area contributed by atoms with Crippen molar-refractivity contribution < 1.29 is 9.53 Å². The maximum atomic E-state index is 13.4. The fourth-order valence-corrected chi connectivity index (χ4v) is 10.6. The summed E-state index contributed by atoms with van der Waals surface area (Å²) in [5.74, 6) is 7.62. The van der Waals surface area contributed by atoms with Crippen molar-refractivity contribution in [2.45, 2.75) is 83.7 Å². The zero-order valence-electron chi connectivity index (χ0n) is 17.7. The van der Waals surface area contributed by atoms with Crippen LogP contribution in [0.2, 0.25) is 0 Å². The molecule has 6 atom stereocenters. The lowest BCUT2D eigenvalue weighted by atomic mass is 9.46. The molecule has 0 aliphatic heterocycles. The van der Waals surface area contributed by atoms with Gasteiger partial charge in [0.25, 0.3) is 0 Å². The second-order valence-corrected chi connectivity index (χ2v) is 12.7. The van der Waals surface area contributed by atoms with Crippen LogP contribution in [0.15, 0.2) is 11.6 Å². The first kappa shape index (κ1) is 16.9. The minimum absolute atomic E-state index is 0.0643. The molecule has 0 aromatic rings. The second-order valence-electron chi connectivity index (χ2n) is 12.7. The Balaban J connectivity index is 1.13. The third kappa shape index (κ3) is 2.04. The molecule has 0 saturated heterocycles. The van der Waals surface area contributed by atoms with Gasteiger partial charge in [0.15, 0.2) is 0 Å². The van der Waals surface area contributed by atoms with E-state index in [0.717, 1.165) is 47.0 Å². The zero-order chi connectivity index (χ0) is 18.8. The van der Waals surface area contributed by atoms with Crippen LogP contribution in [0.1, 0.15) is 78.1 Å². The monoisotopic (exact) mass is 380 g/mol. The van der Waals surface area contributed by atoms with Gasteiger partial charge < -0.3 is 4.74 Å². The Hall–Kier alpha value is -0.790. The fraction of sp³-hybridized carbons (Fsp3) is 0.885. The Kier molecular flexibility index (Phi) is 3.19.